The van der Waals surface area contributed by atoms with Crippen LogP contribution in [0.5, 0.6) is 0 Å². The molecule has 0 radical (unpaired) electrons. The number of carboxylic acids is 2. The number of rotatable bonds is 6. The Hall–Kier alpha value is -1.85. The first-order valence-electron chi connectivity index (χ1n) is 14.2. The third-order valence-electron chi connectivity index (χ3n) is 12.9. The molecule has 4 fully saturated rings. The summed E-state index contributed by atoms with van der Waals surface area (Å²) in [6.45, 7) is 16.8. The Labute approximate surface area is 222 Å². The van der Waals surface area contributed by atoms with Crippen molar-refractivity contribution in [2.45, 2.75) is 99.3 Å². The van der Waals surface area contributed by atoms with Gasteiger partial charge in [-0.15, -0.1) is 0 Å². The Morgan fingerprint density at radius 2 is 1.59 bits per heavy atom. The van der Waals surface area contributed by atoms with Gasteiger partial charge in [-0.05, 0) is 118 Å². The van der Waals surface area contributed by atoms with Crippen molar-refractivity contribution < 1.29 is 29.3 Å². The lowest BCUT2D eigenvalue weighted by atomic mass is 9.33. The quantitative estimate of drug-likeness (QED) is 0.305. The zero-order chi connectivity index (χ0) is 27.8. The minimum absolute atomic E-state index is 0.0146. The summed E-state index contributed by atoms with van der Waals surface area (Å²) in [7, 11) is 1.51. The van der Waals surface area contributed by atoms with Crippen LogP contribution >= 0.6 is 0 Å². The molecule has 0 bridgehead atoms. The zero-order valence-electron chi connectivity index (χ0n) is 24.0. The average Bonchev–Trinajstić information content (AvgIpc) is 3.19. The summed E-state index contributed by atoms with van der Waals surface area (Å²) in [6.07, 6.45) is 6.89. The van der Waals surface area contributed by atoms with Crippen molar-refractivity contribution in [3.8, 4) is 0 Å². The Morgan fingerprint density at radius 1 is 0.946 bits per heavy atom. The summed E-state index contributed by atoms with van der Waals surface area (Å²) < 4.78 is 5.43. The molecule has 4 saturated carbocycles. The molecule has 0 saturated heterocycles. The van der Waals surface area contributed by atoms with E-state index in [1.165, 1.54) is 7.11 Å². The number of hydrogen-bond acceptors (Lipinski definition) is 4. The van der Waals surface area contributed by atoms with Crippen LogP contribution in [0.1, 0.15) is 99.3 Å². The molecular weight excluding hydrogens is 468 g/mol. The molecule has 0 spiro atoms. The van der Waals surface area contributed by atoms with Crippen molar-refractivity contribution in [1.29, 1.82) is 0 Å². The molecule has 2 N–H and O–H groups in total. The molecule has 9 atom stereocenters. The fourth-order valence-electron chi connectivity index (χ4n) is 11.0. The van der Waals surface area contributed by atoms with Gasteiger partial charge in [0.05, 0.1) is 24.4 Å². The Kier molecular flexibility index (Phi) is 6.73. The first-order chi connectivity index (χ1) is 17.0. The van der Waals surface area contributed by atoms with Gasteiger partial charge in [-0.25, -0.2) is 0 Å². The first kappa shape index (κ1) is 28.2. The van der Waals surface area contributed by atoms with E-state index in [4.69, 9.17) is 4.74 Å². The number of esters is 1. The van der Waals surface area contributed by atoms with Crippen molar-refractivity contribution in [3.63, 3.8) is 0 Å². The monoisotopic (exact) mass is 516 g/mol. The molecule has 0 aromatic carbocycles. The Balaban J connectivity index is 1.82. The lowest BCUT2D eigenvalue weighted by molar-refractivity contribution is -0.233. The number of allylic oxidation sites excluding steroid dienone is 1. The third-order valence-corrected chi connectivity index (χ3v) is 12.9. The van der Waals surface area contributed by atoms with E-state index in [1.807, 2.05) is 0 Å². The lowest BCUT2D eigenvalue weighted by Gasteiger charge is -2.71. The summed E-state index contributed by atoms with van der Waals surface area (Å²) in [5.41, 5.74) is -1.17. The van der Waals surface area contributed by atoms with Crippen molar-refractivity contribution in [1.82, 2.24) is 0 Å². The highest BCUT2D eigenvalue weighted by molar-refractivity contribution is 5.78. The number of fused-ring (bicyclic) bond motifs is 5. The lowest BCUT2D eigenvalue weighted by Crippen LogP contribution is -2.66. The molecule has 0 aromatic rings. The number of carbonyl (C=O) groups excluding carboxylic acids is 1. The summed E-state index contributed by atoms with van der Waals surface area (Å²) in [4.78, 5) is 38.0. The van der Waals surface area contributed by atoms with Crippen molar-refractivity contribution in [2.75, 3.05) is 7.11 Å². The maximum absolute atomic E-state index is 13.3. The summed E-state index contributed by atoms with van der Waals surface area (Å²) >= 11 is 0. The van der Waals surface area contributed by atoms with Gasteiger partial charge in [0, 0.05) is 0 Å². The molecule has 37 heavy (non-hydrogen) atoms. The number of carbonyl (C=O) groups is 3. The Morgan fingerprint density at radius 3 is 2.14 bits per heavy atom. The van der Waals surface area contributed by atoms with Crippen LogP contribution < -0.4 is 0 Å². The van der Waals surface area contributed by atoms with E-state index in [9.17, 15) is 24.6 Å². The van der Waals surface area contributed by atoms with Crippen molar-refractivity contribution >= 4 is 17.9 Å². The van der Waals surface area contributed by atoms with Gasteiger partial charge in [-0.1, -0.05) is 32.9 Å². The summed E-state index contributed by atoms with van der Waals surface area (Å²) in [5.74, 6) is -1.10. The minimum Gasteiger partial charge on any atom is -0.481 e. The SMILES string of the molecule is C=C(C)[C@@H]1CC[C@]2(C(=O)OC)CC[C@]3(C)C(CCC4[C@@](C)(CC(=O)O)C(C(C)(C)C(=O)O)CC[C@]43C)C12. The van der Waals surface area contributed by atoms with E-state index in [0.29, 0.717) is 12.3 Å². The normalized spacial score (nSPS) is 45.2. The number of ether oxygens (including phenoxy) is 1. The standard InChI is InChI=1S/C31H48O6/c1-18(2)19-11-14-31(26(36)37-8)16-15-29(6)20(24(19)31)9-10-22-28(5,17-23(32)33)21(12-13-30(22,29)7)27(3,4)25(34)35/h19-22,24H,1,9-17H2,2-8H3,(H,32,33)(H,34,35)/t19-,20?,21?,22?,24?,28-,29+,30+,31-/m0/s1. The van der Waals surface area contributed by atoms with E-state index in [1.54, 1.807) is 13.8 Å². The molecule has 6 nitrogen and oxygen atoms in total. The molecule has 0 amide bonds. The van der Waals surface area contributed by atoms with E-state index in [2.05, 4.69) is 34.3 Å². The van der Waals surface area contributed by atoms with Gasteiger partial charge in [-0.2, -0.15) is 0 Å². The number of carboxylic acid groups (broad SMARTS) is 2. The van der Waals surface area contributed by atoms with Crippen LogP contribution in [-0.2, 0) is 19.1 Å². The average molecular weight is 517 g/mol. The molecule has 0 heterocycles. The first-order valence-corrected chi connectivity index (χ1v) is 14.2. The smallest absolute Gasteiger partial charge is 0.312 e. The molecule has 6 heteroatoms. The van der Waals surface area contributed by atoms with Gasteiger partial charge < -0.3 is 14.9 Å². The molecule has 0 aromatic heterocycles. The van der Waals surface area contributed by atoms with E-state index >= 15 is 0 Å². The van der Waals surface area contributed by atoms with Gasteiger partial charge >= 0.3 is 17.9 Å². The second-order valence-electron chi connectivity index (χ2n) is 14.4. The molecular formula is C31H48O6. The fraction of sp³-hybridized carbons (Fsp3) is 0.839. The van der Waals surface area contributed by atoms with Crippen LogP contribution in [0.3, 0.4) is 0 Å². The third kappa shape index (κ3) is 3.66. The Bertz CT molecular complexity index is 1000. The van der Waals surface area contributed by atoms with E-state index in [0.717, 1.165) is 50.5 Å². The second-order valence-corrected chi connectivity index (χ2v) is 14.4. The molecule has 4 aliphatic rings. The van der Waals surface area contributed by atoms with Crippen LogP contribution in [0.2, 0.25) is 0 Å². The topological polar surface area (TPSA) is 101 Å². The van der Waals surface area contributed by atoms with Crippen molar-refractivity contribution in [3.05, 3.63) is 12.2 Å². The molecule has 4 unspecified atom stereocenters. The van der Waals surface area contributed by atoms with Crippen LogP contribution in [0.15, 0.2) is 12.2 Å². The summed E-state index contributed by atoms with van der Waals surface area (Å²) in [6, 6.07) is 0. The van der Waals surface area contributed by atoms with Gasteiger partial charge in [0.1, 0.15) is 0 Å². The highest BCUT2D eigenvalue weighted by Gasteiger charge is 2.72. The van der Waals surface area contributed by atoms with Gasteiger partial charge in [-0.3, -0.25) is 14.4 Å². The second kappa shape index (κ2) is 8.84. The molecule has 208 valence electrons. The largest absolute Gasteiger partial charge is 0.481 e. The maximum Gasteiger partial charge on any atom is 0.312 e. The van der Waals surface area contributed by atoms with E-state index < -0.39 is 28.2 Å². The number of hydrogen-bond donors (Lipinski definition) is 2. The summed E-state index contributed by atoms with van der Waals surface area (Å²) in [5, 5.41) is 20.2. The van der Waals surface area contributed by atoms with Gasteiger partial charge in [0.2, 0.25) is 0 Å². The predicted octanol–water partition coefficient (Wildman–Crippen LogP) is 6.58. The zero-order valence-corrected chi connectivity index (χ0v) is 24.0. The highest BCUT2D eigenvalue weighted by Crippen LogP contribution is 2.76. The highest BCUT2D eigenvalue weighted by atomic mass is 16.5. The maximum atomic E-state index is 13.3. The van der Waals surface area contributed by atoms with E-state index in [-0.39, 0.29) is 46.9 Å². The van der Waals surface area contributed by atoms with Gasteiger partial charge in [0.25, 0.3) is 0 Å². The molecule has 4 rings (SSSR count). The molecule has 0 aliphatic heterocycles. The fourth-order valence-corrected chi connectivity index (χ4v) is 11.0. The number of aliphatic carboxylic acids is 2. The molecule has 4 aliphatic carbocycles. The van der Waals surface area contributed by atoms with Crippen LogP contribution in [-0.4, -0.2) is 35.2 Å². The number of methoxy groups -OCH3 is 1. The van der Waals surface area contributed by atoms with Crippen LogP contribution in [0, 0.1) is 56.7 Å². The van der Waals surface area contributed by atoms with Gasteiger partial charge in [0.15, 0.2) is 0 Å². The minimum atomic E-state index is -1.01. The van der Waals surface area contributed by atoms with Crippen LogP contribution in [0.4, 0.5) is 0 Å². The van der Waals surface area contributed by atoms with Crippen molar-refractivity contribution in [2.24, 2.45) is 56.7 Å². The predicted molar refractivity (Wildman–Crippen MR) is 142 cm³/mol. The van der Waals surface area contributed by atoms with Crippen LogP contribution in [0.25, 0.3) is 0 Å².